The first-order valence-electron chi connectivity index (χ1n) is 11.3. The number of hydrogen-bond acceptors (Lipinski definition) is 6. The first kappa shape index (κ1) is 21.8. The Hall–Kier alpha value is -3.71. The molecule has 6 rings (SSSR count). The number of nitriles is 1. The molecular weight excluding hydrogens is 553 g/mol. The van der Waals surface area contributed by atoms with Gasteiger partial charge in [-0.2, -0.15) is 5.26 Å². The van der Waals surface area contributed by atoms with Gasteiger partial charge in [0.2, 0.25) is 5.88 Å². The minimum atomic E-state index is -0.0250. The number of aryl methyl sites for hydroxylation is 1. The molecule has 1 fully saturated rings. The van der Waals surface area contributed by atoms with Crippen LogP contribution in [0.5, 0.6) is 11.6 Å². The molecule has 0 unspecified atom stereocenters. The predicted octanol–water partition coefficient (Wildman–Crippen LogP) is 5.65. The van der Waals surface area contributed by atoms with Crippen molar-refractivity contribution < 1.29 is 9.47 Å². The van der Waals surface area contributed by atoms with Gasteiger partial charge in [-0.25, -0.2) is 9.97 Å². The summed E-state index contributed by atoms with van der Waals surface area (Å²) in [6, 6.07) is 16.2. The summed E-state index contributed by atoms with van der Waals surface area (Å²) in [4.78, 5) is 13.0. The van der Waals surface area contributed by atoms with Gasteiger partial charge in [0.1, 0.15) is 33.3 Å². The van der Waals surface area contributed by atoms with Crippen molar-refractivity contribution in [3.8, 4) is 28.8 Å². The topological polar surface area (TPSA) is 85.8 Å². The molecular formula is C27H20IN5O2. The number of fused-ring (bicyclic) bond motifs is 3. The first-order valence-corrected chi connectivity index (χ1v) is 12.3. The van der Waals surface area contributed by atoms with Crippen molar-refractivity contribution in [2.75, 3.05) is 0 Å². The standard InChI is InChI=1S/C27H20IN5O2/c1-33-24-6-7-30-15-23(24)22-4-2-16(9-25(22)33)18-8-17(12-29)27(32-13-18)35-21-10-20(11-21)34-19-3-5-26(28)31-14-19/h2-9,13-15,20-21H,10-11H2,1H3/t20-,21-. The normalized spacial score (nSPS) is 17.2. The number of pyridine rings is 3. The summed E-state index contributed by atoms with van der Waals surface area (Å²) in [6.07, 6.45) is 8.74. The zero-order chi connectivity index (χ0) is 23.9. The summed E-state index contributed by atoms with van der Waals surface area (Å²) >= 11 is 2.17. The Labute approximate surface area is 215 Å². The minimum absolute atomic E-state index is 0.0250. The fourth-order valence-electron chi connectivity index (χ4n) is 4.51. The molecule has 7 nitrogen and oxygen atoms in total. The SMILES string of the molecule is Cn1c2ccncc2c2ccc(-c3cnc(O[C@H]4C[C@H](Oc5ccc(I)nc5)C4)c(C#N)c3)cc21. The van der Waals surface area contributed by atoms with E-state index in [-0.39, 0.29) is 12.2 Å². The summed E-state index contributed by atoms with van der Waals surface area (Å²) in [6.45, 7) is 0. The molecule has 0 N–H and O–H groups in total. The van der Waals surface area contributed by atoms with Crippen LogP contribution >= 0.6 is 22.6 Å². The molecule has 1 aliphatic rings. The van der Waals surface area contributed by atoms with Gasteiger partial charge in [-0.3, -0.25) is 4.98 Å². The molecule has 0 radical (unpaired) electrons. The van der Waals surface area contributed by atoms with Crippen LogP contribution in [-0.2, 0) is 7.05 Å². The third-order valence-corrected chi connectivity index (χ3v) is 7.08. The number of rotatable bonds is 5. The number of aromatic nitrogens is 4. The van der Waals surface area contributed by atoms with Crippen molar-refractivity contribution in [1.29, 1.82) is 5.26 Å². The Morgan fingerprint density at radius 3 is 2.57 bits per heavy atom. The van der Waals surface area contributed by atoms with Gasteiger partial charge in [-0.1, -0.05) is 12.1 Å². The number of hydrogen-bond donors (Lipinski definition) is 0. The van der Waals surface area contributed by atoms with Gasteiger partial charge in [0.25, 0.3) is 0 Å². The lowest BCUT2D eigenvalue weighted by Crippen LogP contribution is -2.41. The molecule has 0 amide bonds. The van der Waals surface area contributed by atoms with Crippen molar-refractivity contribution in [3.63, 3.8) is 0 Å². The zero-order valence-corrected chi connectivity index (χ0v) is 21.0. The molecule has 0 spiro atoms. The highest BCUT2D eigenvalue weighted by atomic mass is 127. The van der Waals surface area contributed by atoms with E-state index in [0.29, 0.717) is 11.4 Å². The Bertz CT molecular complexity index is 1600. The second kappa shape index (κ2) is 8.82. The monoisotopic (exact) mass is 573 g/mol. The molecule has 1 saturated carbocycles. The Morgan fingerprint density at radius 1 is 0.914 bits per heavy atom. The molecule has 1 aliphatic carbocycles. The Morgan fingerprint density at radius 2 is 1.77 bits per heavy atom. The maximum Gasteiger partial charge on any atom is 0.231 e. The van der Waals surface area contributed by atoms with E-state index in [4.69, 9.17) is 9.47 Å². The summed E-state index contributed by atoms with van der Waals surface area (Å²) in [7, 11) is 2.05. The van der Waals surface area contributed by atoms with Gasteiger partial charge in [-0.15, -0.1) is 0 Å². The molecule has 8 heteroatoms. The molecule has 0 saturated heterocycles. The fourth-order valence-corrected chi connectivity index (χ4v) is 4.83. The molecule has 5 aromatic rings. The van der Waals surface area contributed by atoms with Crippen molar-refractivity contribution >= 4 is 44.4 Å². The number of ether oxygens (including phenoxy) is 2. The number of benzene rings is 1. The second-order valence-electron chi connectivity index (χ2n) is 8.64. The van der Waals surface area contributed by atoms with E-state index < -0.39 is 0 Å². The van der Waals surface area contributed by atoms with Gasteiger partial charge in [-0.05, 0) is 58.5 Å². The highest BCUT2D eigenvalue weighted by Gasteiger charge is 2.33. The molecule has 35 heavy (non-hydrogen) atoms. The third-order valence-electron chi connectivity index (χ3n) is 6.45. The molecule has 0 bridgehead atoms. The first-order chi connectivity index (χ1) is 17.1. The quantitative estimate of drug-likeness (QED) is 0.200. The summed E-state index contributed by atoms with van der Waals surface area (Å²) in [5, 5.41) is 12.0. The number of halogens is 1. The van der Waals surface area contributed by atoms with Crippen LogP contribution in [0.25, 0.3) is 32.9 Å². The van der Waals surface area contributed by atoms with E-state index in [2.05, 4.69) is 73.4 Å². The smallest absolute Gasteiger partial charge is 0.231 e. The van der Waals surface area contributed by atoms with Crippen LogP contribution in [0.4, 0.5) is 0 Å². The van der Waals surface area contributed by atoms with Crippen LogP contribution in [-0.4, -0.2) is 31.7 Å². The molecule has 0 aliphatic heterocycles. The van der Waals surface area contributed by atoms with Crippen LogP contribution in [0.15, 0.2) is 67.3 Å². The van der Waals surface area contributed by atoms with E-state index in [0.717, 1.165) is 55.2 Å². The number of nitrogens with zero attached hydrogens (tertiary/aromatic N) is 5. The maximum absolute atomic E-state index is 9.76. The van der Waals surface area contributed by atoms with Gasteiger partial charge in [0.05, 0.1) is 11.7 Å². The van der Waals surface area contributed by atoms with Crippen LogP contribution in [0.1, 0.15) is 18.4 Å². The highest BCUT2D eigenvalue weighted by molar-refractivity contribution is 14.1. The lowest BCUT2D eigenvalue weighted by Gasteiger charge is -2.35. The van der Waals surface area contributed by atoms with Crippen molar-refractivity contribution in [2.45, 2.75) is 25.0 Å². The lowest BCUT2D eigenvalue weighted by molar-refractivity contribution is 0.00192. The predicted molar refractivity (Wildman–Crippen MR) is 141 cm³/mol. The minimum Gasteiger partial charge on any atom is -0.489 e. The fraction of sp³-hybridized carbons (Fsp3) is 0.185. The molecule has 172 valence electrons. The van der Waals surface area contributed by atoms with Crippen LogP contribution < -0.4 is 9.47 Å². The maximum atomic E-state index is 9.76. The Balaban J connectivity index is 1.19. The van der Waals surface area contributed by atoms with Crippen molar-refractivity contribution in [1.82, 2.24) is 19.5 Å². The lowest BCUT2D eigenvalue weighted by atomic mass is 9.92. The van der Waals surface area contributed by atoms with Crippen LogP contribution in [0.3, 0.4) is 0 Å². The molecule has 0 atom stereocenters. The van der Waals surface area contributed by atoms with E-state index >= 15 is 0 Å². The average molecular weight is 573 g/mol. The molecule has 1 aromatic carbocycles. The van der Waals surface area contributed by atoms with Crippen molar-refractivity contribution in [3.05, 3.63) is 76.5 Å². The second-order valence-corrected chi connectivity index (χ2v) is 9.75. The van der Waals surface area contributed by atoms with E-state index in [9.17, 15) is 5.26 Å². The highest BCUT2D eigenvalue weighted by Crippen LogP contribution is 2.34. The third kappa shape index (κ3) is 4.06. The van der Waals surface area contributed by atoms with E-state index in [1.807, 2.05) is 30.5 Å². The summed E-state index contributed by atoms with van der Waals surface area (Å²) in [5.74, 6) is 1.13. The average Bonchev–Trinajstić information content (AvgIpc) is 3.15. The summed E-state index contributed by atoms with van der Waals surface area (Å²) in [5.41, 5.74) is 4.53. The summed E-state index contributed by atoms with van der Waals surface area (Å²) < 4.78 is 15.1. The van der Waals surface area contributed by atoms with E-state index in [1.165, 1.54) is 0 Å². The zero-order valence-electron chi connectivity index (χ0n) is 18.9. The van der Waals surface area contributed by atoms with Crippen LogP contribution in [0, 0.1) is 15.0 Å². The van der Waals surface area contributed by atoms with Crippen LogP contribution in [0.2, 0.25) is 0 Å². The molecule has 4 aromatic heterocycles. The van der Waals surface area contributed by atoms with Gasteiger partial charge in [0.15, 0.2) is 0 Å². The van der Waals surface area contributed by atoms with Gasteiger partial charge >= 0.3 is 0 Å². The van der Waals surface area contributed by atoms with Gasteiger partial charge in [0, 0.05) is 60.3 Å². The Kier molecular flexibility index (Phi) is 5.49. The van der Waals surface area contributed by atoms with E-state index in [1.54, 1.807) is 18.6 Å². The largest absolute Gasteiger partial charge is 0.489 e. The molecule has 4 heterocycles. The van der Waals surface area contributed by atoms with Crippen molar-refractivity contribution in [2.24, 2.45) is 7.05 Å². The van der Waals surface area contributed by atoms with Gasteiger partial charge < -0.3 is 14.0 Å².